The fraction of sp³-hybridized carbons (Fsp3) is 0.176. The predicted octanol–water partition coefficient (Wildman–Crippen LogP) is 3.11. The SMILES string of the molecule is CSCc1ccc(C(NC(=O)c2ccccc2)C(=O)O)cc1. The van der Waals surface area contributed by atoms with Crippen LogP contribution in [0.1, 0.15) is 27.5 Å². The van der Waals surface area contributed by atoms with Gasteiger partial charge in [-0.15, -0.1) is 0 Å². The van der Waals surface area contributed by atoms with E-state index in [0.29, 0.717) is 11.1 Å². The van der Waals surface area contributed by atoms with Gasteiger partial charge in [-0.3, -0.25) is 4.79 Å². The Morgan fingerprint density at radius 2 is 1.73 bits per heavy atom. The molecule has 2 aromatic rings. The number of amides is 1. The first-order valence-electron chi connectivity index (χ1n) is 6.78. The van der Waals surface area contributed by atoms with Crippen molar-refractivity contribution in [3.63, 3.8) is 0 Å². The lowest BCUT2D eigenvalue weighted by molar-refractivity contribution is -0.139. The van der Waals surface area contributed by atoms with Crippen molar-refractivity contribution in [3.05, 3.63) is 71.3 Å². The van der Waals surface area contributed by atoms with E-state index in [2.05, 4.69) is 5.32 Å². The molecule has 0 fully saturated rings. The number of aliphatic carboxylic acids is 1. The molecule has 0 radical (unpaired) electrons. The molecule has 0 aliphatic carbocycles. The molecule has 1 unspecified atom stereocenters. The monoisotopic (exact) mass is 315 g/mol. The van der Waals surface area contributed by atoms with Crippen molar-refractivity contribution in [2.75, 3.05) is 6.26 Å². The van der Waals surface area contributed by atoms with Gasteiger partial charge < -0.3 is 10.4 Å². The number of carbonyl (C=O) groups is 2. The lowest BCUT2D eigenvalue weighted by Crippen LogP contribution is -2.33. The summed E-state index contributed by atoms with van der Waals surface area (Å²) in [7, 11) is 0. The van der Waals surface area contributed by atoms with Crippen LogP contribution in [0.15, 0.2) is 54.6 Å². The highest BCUT2D eigenvalue weighted by atomic mass is 32.2. The number of carboxylic acid groups (broad SMARTS) is 1. The topological polar surface area (TPSA) is 66.4 Å². The van der Waals surface area contributed by atoms with E-state index in [-0.39, 0.29) is 0 Å². The molecule has 2 rings (SSSR count). The van der Waals surface area contributed by atoms with Gasteiger partial charge in [0.1, 0.15) is 0 Å². The van der Waals surface area contributed by atoms with Crippen LogP contribution >= 0.6 is 11.8 Å². The van der Waals surface area contributed by atoms with Gasteiger partial charge in [0.15, 0.2) is 6.04 Å². The fourth-order valence-corrected chi connectivity index (χ4v) is 2.59. The Morgan fingerprint density at radius 1 is 1.09 bits per heavy atom. The van der Waals surface area contributed by atoms with Crippen LogP contribution in [0.5, 0.6) is 0 Å². The standard InChI is InChI=1S/C17H17NO3S/c1-22-11-12-7-9-13(10-8-12)15(17(20)21)18-16(19)14-5-3-2-4-6-14/h2-10,15H,11H2,1H3,(H,18,19)(H,20,21). The van der Waals surface area contributed by atoms with Crippen LogP contribution in [-0.2, 0) is 10.5 Å². The Morgan fingerprint density at radius 3 is 2.27 bits per heavy atom. The first-order valence-corrected chi connectivity index (χ1v) is 8.17. The minimum atomic E-state index is -1.08. The maximum atomic E-state index is 12.1. The van der Waals surface area contributed by atoms with Crippen LogP contribution < -0.4 is 5.32 Å². The third-order valence-corrected chi connectivity index (χ3v) is 3.80. The Bertz CT molecular complexity index is 641. The predicted molar refractivity (Wildman–Crippen MR) is 87.9 cm³/mol. The Balaban J connectivity index is 2.16. The number of carboxylic acids is 1. The zero-order valence-electron chi connectivity index (χ0n) is 12.2. The number of rotatable bonds is 6. The van der Waals surface area contributed by atoms with Gasteiger partial charge in [-0.05, 0) is 29.5 Å². The highest BCUT2D eigenvalue weighted by Crippen LogP contribution is 2.17. The van der Waals surface area contributed by atoms with E-state index in [1.807, 2.05) is 18.4 Å². The van der Waals surface area contributed by atoms with Gasteiger partial charge in [-0.1, -0.05) is 42.5 Å². The summed E-state index contributed by atoms with van der Waals surface area (Å²) in [5.41, 5.74) is 2.11. The normalized spacial score (nSPS) is 11.7. The average molecular weight is 315 g/mol. The lowest BCUT2D eigenvalue weighted by Gasteiger charge is -2.15. The molecule has 0 saturated heterocycles. The molecule has 0 spiro atoms. The summed E-state index contributed by atoms with van der Waals surface area (Å²) in [6.45, 7) is 0. The van der Waals surface area contributed by atoms with Crippen LogP contribution in [-0.4, -0.2) is 23.2 Å². The van der Waals surface area contributed by atoms with E-state index in [9.17, 15) is 14.7 Å². The average Bonchev–Trinajstić information content (AvgIpc) is 2.54. The van der Waals surface area contributed by atoms with E-state index < -0.39 is 17.9 Å². The van der Waals surface area contributed by atoms with Gasteiger partial charge in [0.25, 0.3) is 5.91 Å². The van der Waals surface area contributed by atoms with Gasteiger partial charge in [0, 0.05) is 11.3 Å². The summed E-state index contributed by atoms with van der Waals surface area (Å²) < 4.78 is 0. The van der Waals surface area contributed by atoms with Gasteiger partial charge in [-0.25, -0.2) is 4.79 Å². The largest absolute Gasteiger partial charge is 0.479 e. The third kappa shape index (κ3) is 4.11. The number of hydrogen-bond acceptors (Lipinski definition) is 3. The molecule has 22 heavy (non-hydrogen) atoms. The minimum Gasteiger partial charge on any atom is -0.479 e. The molecule has 1 amide bonds. The summed E-state index contributed by atoms with van der Waals surface area (Å²) >= 11 is 1.70. The van der Waals surface area contributed by atoms with Crippen molar-refractivity contribution >= 4 is 23.6 Å². The van der Waals surface area contributed by atoms with Crippen LogP contribution in [0.4, 0.5) is 0 Å². The molecule has 0 aromatic heterocycles. The highest BCUT2D eigenvalue weighted by Gasteiger charge is 2.22. The van der Waals surface area contributed by atoms with Crippen molar-refractivity contribution in [1.29, 1.82) is 0 Å². The van der Waals surface area contributed by atoms with E-state index in [0.717, 1.165) is 11.3 Å². The van der Waals surface area contributed by atoms with Crippen LogP contribution in [0.25, 0.3) is 0 Å². The number of carbonyl (C=O) groups excluding carboxylic acids is 1. The van der Waals surface area contributed by atoms with Gasteiger partial charge in [-0.2, -0.15) is 11.8 Å². The Hall–Kier alpha value is -2.27. The Kier molecular flexibility index (Phi) is 5.61. The second-order valence-corrected chi connectivity index (χ2v) is 5.65. The maximum absolute atomic E-state index is 12.1. The van der Waals surface area contributed by atoms with Crippen molar-refractivity contribution < 1.29 is 14.7 Å². The zero-order valence-corrected chi connectivity index (χ0v) is 13.0. The molecule has 0 bridgehead atoms. The molecule has 0 saturated carbocycles. The second-order valence-electron chi connectivity index (χ2n) is 4.79. The zero-order chi connectivity index (χ0) is 15.9. The van der Waals surface area contributed by atoms with Crippen molar-refractivity contribution in [1.82, 2.24) is 5.32 Å². The third-order valence-electron chi connectivity index (χ3n) is 3.18. The molecule has 2 aromatic carbocycles. The molecular formula is C17H17NO3S. The van der Waals surface area contributed by atoms with Gasteiger partial charge in [0.2, 0.25) is 0 Å². The second kappa shape index (κ2) is 7.66. The summed E-state index contributed by atoms with van der Waals surface area (Å²) in [6.07, 6.45) is 2.01. The number of nitrogens with one attached hydrogen (secondary N) is 1. The van der Waals surface area contributed by atoms with Crippen LogP contribution in [0.2, 0.25) is 0 Å². The minimum absolute atomic E-state index is 0.402. The van der Waals surface area contributed by atoms with Crippen LogP contribution in [0, 0.1) is 0 Å². The van der Waals surface area contributed by atoms with E-state index >= 15 is 0 Å². The first kappa shape index (κ1) is 16.1. The first-order chi connectivity index (χ1) is 10.6. The van der Waals surface area contributed by atoms with Gasteiger partial charge >= 0.3 is 5.97 Å². The Labute approximate surface area is 133 Å². The summed E-state index contributed by atoms with van der Waals surface area (Å²) in [5, 5.41) is 11.9. The van der Waals surface area contributed by atoms with Crippen LogP contribution in [0.3, 0.4) is 0 Å². The number of hydrogen-bond donors (Lipinski definition) is 2. The summed E-state index contributed by atoms with van der Waals surface area (Å²) in [6, 6.07) is 14.8. The summed E-state index contributed by atoms with van der Waals surface area (Å²) in [4.78, 5) is 23.6. The molecule has 114 valence electrons. The van der Waals surface area contributed by atoms with E-state index in [1.54, 1.807) is 54.2 Å². The molecule has 4 nitrogen and oxygen atoms in total. The molecule has 0 aliphatic heterocycles. The molecule has 0 heterocycles. The van der Waals surface area contributed by atoms with Crippen molar-refractivity contribution in [3.8, 4) is 0 Å². The summed E-state index contributed by atoms with van der Waals surface area (Å²) in [5.74, 6) is -0.614. The molecule has 5 heteroatoms. The molecular weight excluding hydrogens is 298 g/mol. The van der Waals surface area contributed by atoms with E-state index in [1.165, 1.54) is 0 Å². The number of benzene rings is 2. The quantitative estimate of drug-likeness (QED) is 0.859. The maximum Gasteiger partial charge on any atom is 0.330 e. The molecule has 2 N–H and O–H groups in total. The smallest absolute Gasteiger partial charge is 0.330 e. The van der Waals surface area contributed by atoms with E-state index in [4.69, 9.17) is 0 Å². The molecule has 1 atom stereocenters. The lowest BCUT2D eigenvalue weighted by atomic mass is 10.0. The number of thioether (sulfide) groups is 1. The fourth-order valence-electron chi connectivity index (χ4n) is 2.06. The molecule has 0 aliphatic rings. The van der Waals surface area contributed by atoms with Crippen molar-refractivity contribution in [2.45, 2.75) is 11.8 Å². The van der Waals surface area contributed by atoms with Gasteiger partial charge in [0.05, 0.1) is 0 Å². The highest BCUT2D eigenvalue weighted by molar-refractivity contribution is 7.97. The van der Waals surface area contributed by atoms with Crippen molar-refractivity contribution in [2.24, 2.45) is 0 Å².